The molecule has 0 saturated carbocycles. The van der Waals surface area contributed by atoms with Crippen molar-refractivity contribution < 1.29 is 4.74 Å². The second-order valence-corrected chi connectivity index (χ2v) is 4.82. The second-order valence-electron chi connectivity index (χ2n) is 4.82. The summed E-state index contributed by atoms with van der Waals surface area (Å²) in [6, 6.07) is 8.14. The Balaban J connectivity index is 1.70. The zero-order valence-corrected chi connectivity index (χ0v) is 10.8. The molecule has 0 radical (unpaired) electrons. The first-order valence-electron chi connectivity index (χ1n) is 6.69. The molecule has 2 heterocycles. The predicted octanol–water partition coefficient (Wildman–Crippen LogP) is 2.11. The Morgan fingerprint density at radius 3 is 3.11 bits per heavy atom. The van der Waals surface area contributed by atoms with Gasteiger partial charge in [-0.15, -0.1) is 0 Å². The standard InChI is InChI=1S/C14H18N4O/c1-2-6-14(18-11-15-10-17-18)13(5-1)16-8-12-4-3-7-19-9-12/h1-2,5-6,10-12,16H,3-4,7-9H2. The monoisotopic (exact) mass is 258 g/mol. The molecule has 5 heteroatoms. The Labute approximate surface area is 112 Å². The van der Waals surface area contributed by atoms with Gasteiger partial charge < -0.3 is 10.1 Å². The quantitative estimate of drug-likeness (QED) is 0.912. The number of ether oxygens (including phenoxy) is 1. The first-order chi connectivity index (χ1) is 9.43. The van der Waals surface area contributed by atoms with Crippen LogP contribution in [0.25, 0.3) is 5.69 Å². The van der Waals surface area contributed by atoms with Gasteiger partial charge in [0.2, 0.25) is 0 Å². The van der Waals surface area contributed by atoms with E-state index in [1.807, 2.05) is 18.2 Å². The first-order valence-corrected chi connectivity index (χ1v) is 6.69. The van der Waals surface area contributed by atoms with Crippen LogP contribution in [0.2, 0.25) is 0 Å². The SMILES string of the molecule is c1ccc(-n2cncn2)c(NCC2CCCOC2)c1. The molecule has 3 rings (SSSR count). The van der Waals surface area contributed by atoms with Gasteiger partial charge in [-0.2, -0.15) is 5.10 Å². The molecule has 0 bridgehead atoms. The molecule has 2 aromatic rings. The maximum Gasteiger partial charge on any atom is 0.138 e. The lowest BCUT2D eigenvalue weighted by atomic mass is 10.0. The van der Waals surface area contributed by atoms with Crippen molar-refractivity contribution in [1.29, 1.82) is 0 Å². The van der Waals surface area contributed by atoms with E-state index in [9.17, 15) is 0 Å². The van der Waals surface area contributed by atoms with Gasteiger partial charge in [-0.05, 0) is 30.9 Å². The number of benzene rings is 1. The third kappa shape index (κ3) is 2.93. The van der Waals surface area contributed by atoms with E-state index in [2.05, 4.69) is 21.5 Å². The van der Waals surface area contributed by atoms with Crippen molar-refractivity contribution in [3.63, 3.8) is 0 Å². The maximum absolute atomic E-state index is 5.51. The number of anilines is 1. The van der Waals surface area contributed by atoms with E-state index in [1.165, 1.54) is 6.42 Å². The minimum Gasteiger partial charge on any atom is -0.383 e. The lowest BCUT2D eigenvalue weighted by molar-refractivity contribution is 0.0595. The third-order valence-electron chi connectivity index (χ3n) is 3.41. The largest absolute Gasteiger partial charge is 0.383 e. The summed E-state index contributed by atoms with van der Waals surface area (Å²) in [6.45, 7) is 2.70. The minimum absolute atomic E-state index is 0.595. The highest BCUT2D eigenvalue weighted by atomic mass is 16.5. The summed E-state index contributed by atoms with van der Waals surface area (Å²) in [6.07, 6.45) is 5.66. The fourth-order valence-electron chi connectivity index (χ4n) is 2.38. The molecule has 0 amide bonds. The Bertz CT molecular complexity index is 506. The summed E-state index contributed by atoms with van der Waals surface area (Å²) >= 11 is 0. The van der Waals surface area contributed by atoms with Crippen molar-refractivity contribution >= 4 is 5.69 Å². The summed E-state index contributed by atoms with van der Waals surface area (Å²) in [7, 11) is 0. The van der Waals surface area contributed by atoms with Gasteiger partial charge in [0.05, 0.1) is 18.0 Å². The van der Waals surface area contributed by atoms with Gasteiger partial charge in [0, 0.05) is 13.2 Å². The number of hydrogen-bond acceptors (Lipinski definition) is 4. The number of nitrogens with zero attached hydrogens (tertiary/aromatic N) is 3. The average molecular weight is 258 g/mol. The van der Waals surface area contributed by atoms with Crippen LogP contribution in [0.3, 0.4) is 0 Å². The molecule has 0 aliphatic carbocycles. The summed E-state index contributed by atoms with van der Waals surface area (Å²) in [5.41, 5.74) is 2.11. The number of rotatable bonds is 4. The molecule has 1 N–H and O–H groups in total. The molecule has 1 aliphatic heterocycles. The Hall–Kier alpha value is -1.88. The van der Waals surface area contributed by atoms with E-state index in [1.54, 1.807) is 17.3 Å². The Morgan fingerprint density at radius 1 is 1.37 bits per heavy atom. The van der Waals surface area contributed by atoms with Gasteiger partial charge in [-0.1, -0.05) is 12.1 Å². The van der Waals surface area contributed by atoms with E-state index in [0.717, 1.165) is 37.6 Å². The van der Waals surface area contributed by atoms with Crippen molar-refractivity contribution in [2.75, 3.05) is 25.1 Å². The van der Waals surface area contributed by atoms with Crippen LogP contribution in [0.4, 0.5) is 5.69 Å². The van der Waals surface area contributed by atoms with Crippen LogP contribution >= 0.6 is 0 Å². The predicted molar refractivity (Wildman–Crippen MR) is 73.4 cm³/mol. The molecular weight excluding hydrogens is 240 g/mol. The van der Waals surface area contributed by atoms with Crippen LogP contribution in [-0.4, -0.2) is 34.5 Å². The second kappa shape index (κ2) is 5.84. The van der Waals surface area contributed by atoms with Crippen molar-refractivity contribution in [3.8, 4) is 5.69 Å². The fraction of sp³-hybridized carbons (Fsp3) is 0.429. The van der Waals surface area contributed by atoms with Gasteiger partial charge in [-0.25, -0.2) is 9.67 Å². The zero-order valence-electron chi connectivity index (χ0n) is 10.8. The summed E-state index contributed by atoms with van der Waals surface area (Å²) in [5.74, 6) is 0.595. The van der Waals surface area contributed by atoms with Gasteiger partial charge in [-0.3, -0.25) is 0 Å². The minimum atomic E-state index is 0.595. The topological polar surface area (TPSA) is 52.0 Å². The highest BCUT2D eigenvalue weighted by Crippen LogP contribution is 2.20. The fourth-order valence-corrected chi connectivity index (χ4v) is 2.38. The Kier molecular flexibility index (Phi) is 3.74. The van der Waals surface area contributed by atoms with Crippen molar-refractivity contribution in [1.82, 2.24) is 14.8 Å². The smallest absolute Gasteiger partial charge is 0.138 e. The van der Waals surface area contributed by atoms with Crippen molar-refractivity contribution in [2.24, 2.45) is 5.92 Å². The molecule has 1 aromatic heterocycles. The molecule has 1 aromatic carbocycles. The third-order valence-corrected chi connectivity index (χ3v) is 3.41. The zero-order chi connectivity index (χ0) is 12.9. The number of nitrogens with one attached hydrogen (secondary N) is 1. The number of hydrogen-bond donors (Lipinski definition) is 1. The van der Waals surface area contributed by atoms with Crippen molar-refractivity contribution in [3.05, 3.63) is 36.9 Å². The molecule has 1 atom stereocenters. The molecule has 1 fully saturated rings. The van der Waals surface area contributed by atoms with Crippen LogP contribution < -0.4 is 5.32 Å². The van der Waals surface area contributed by atoms with Crippen LogP contribution in [0.1, 0.15) is 12.8 Å². The molecular formula is C14H18N4O. The van der Waals surface area contributed by atoms with Crippen molar-refractivity contribution in [2.45, 2.75) is 12.8 Å². The maximum atomic E-state index is 5.51. The summed E-state index contributed by atoms with van der Waals surface area (Å²) in [5, 5.41) is 7.69. The van der Waals surface area contributed by atoms with Gasteiger partial charge in [0.1, 0.15) is 12.7 Å². The van der Waals surface area contributed by atoms with Crippen LogP contribution in [-0.2, 0) is 4.74 Å². The molecule has 1 saturated heterocycles. The highest BCUT2D eigenvalue weighted by Gasteiger charge is 2.14. The Morgan fingerprint density at radius 2 is 2.32 bits per heavy atom. The molecule has 1 unspecified atom stereocenters. The van der Waals surface area contributed by atoms with Crippen LogP contribution in [0.15, 0.2) is 36.9 Å². The van der Waals surface area contributed by atoms with E-state index in [4.69, 9.17) is 4.74 Å². The van der Waals surface area contributed by atoms with Gasteiger partial charge in [0.25, 0.3) is 0 Å². The number of para-hydroxylation sites is 2. The lowest BCUT2D eigenvalue weighted by Crippen LogP contribution is -2.24. The van der Waals surface area contributed by atoms with E-state index < -0.39 is 0 Å². The van der Waals surface area contributed by atoms with Crippen LogP contribution in [0, 0.1) is 5.92 Å². The lowest BCUT2D eigenvalue weighted by Gasteiger charge is -2.23. The van der Waals surface area contributed by atoms with E-state index in [-0.39, 0.29) is 0 Å². The molecule has 19 heavy (non-hydrogen) atoms. The normalized spacial score (nSPS) is 19.3. The first kappa shape index (κ1) is 12.2. The molecule has 5 nitrogen and oxygen atoms in total. The number of aromatic nitrogens is 3. The molecule has 0 spiro atoms. The van der Waals surface area contributed by atoms with Gasteiger partial charge >= 0.3 is 0 Å². The van der Waals surface area contributed by atoms with Gasteiger partial charge in [0.15, 0.2) is 0 Å². The molecule has 100 valence electrons. The highest BCUT2D eigenvalue weighted by molar-refractivity contribution is 5.60. The van der Waals surface area contributed by atoms with Crippen LogP contribution in [0.5, 0.6) is 0 Å². The average Bonchev–Trinajstić information content (AvgIpc) is 3.01. The summed E-state index contributed by atoms with van der Waals surface area (Å²) < 4.78 is 7.28. The van der Waals surface area contributed by atoms with E-state index in [0.29, 0.717) is 5.92 Å². The van der Waals surface area contributed by atoms with E-state index >= 15 is 0 Å². The molecule has 1 aliphatic rings. The summed E-state index contributed by atoms with van der Waals surface area (Å²) in [4.78, 5) is 3.99.